The molecule has 0 aliphatic carbocycles. The quantitative estimate of drug-likeness (QED) is 0.838. The van der Waals surface area contributed by atoms with Crippen LogP contribution >= 0.6 is 0 Å². The van der Waals surface area contributed by atoms with Crippen LogP contribution in [0.1, 0.15) is 38.8 Å². The minimum Gasteiger partial charge on any atom is -0.507 e. The Labute approximate surface area is 116 Å². The minimum absolute atomic E-state index is 0.0706. The van der Waals surface area contributed by atoms with Crippen molar-refractivity contribution in [1.82, 2.24) is 0 Å². The van der Waals surface area contributed by atoms with Gasteiger partial charge in [-0.25, -0.2) is 4.79 Å². The largest absolute Gasteiger partial charge is 0.507 e. The van der Waals surface area contributed by atoms with E-state index in [0.29, 0.717) is 0 Å². The van der Waals surface area contributed by atoms with Gasteiger partial charge in [-0.15, -0.1) is 0 Å². The van der Waals surface area contributed by atoms with Gasteiger partial charge in [0.25, 0.3) is 0 Å². The summed E-state index contributed by atoms with van der Waals surface area (Å²) in [5.41, 5.74) is 1.03. The molecule has 0 aliphatic rings. The first-order chi connectivity index (χ1) is 9.54. The molecule has 0 aliphatic heterocycles. The lowest BCUT2D eigenvalue weighted by atomic mass is 9.96. The maximum absolute atomic E-state index is 12.4. The standard InChI is InChI=1S/C16H14O4/c1-2-10-7-8-14(17)13(9-10)15(18)11-5-3-4-6-12(11)16(19)20/h3-9,17H,2H2,1H3,(H,19,20). The van der Waals surface area contributed by atoms with E-state index in [1.54, 1.807) is 24.3 Å². The third-order valence-electron chi connectivity index (χ3n) is 3.12. The van der Waals surface area contributed by atoms with E-state index in [9.17, 15) is 14.7 Å². The van der Waals surface area contributed by atoms with Crippen LogP contribution in [0.5, 0.6) is 5.75 Å². The number of aromatic hydroxyl groups is 1. The zero-order valence-corrected chi connectivity index (χ0v) is 11.0. The van der Waals surface area contributed by atoms with Crippen molar-refractivity contribution >= 4 is 11.8 Å². The van der Waals surface area contributed by atoms with Crippen LogP contribution in [-0.4, -0.2) is 22.0 Å². The second-order valence-electron chi connectivity index (χ2n) is 4.38. The van der Waals surface area contributed by atoms with Gasteiger partial charge in [0.05, 0.1) is 11.1 Å². The third kappa shape index (κ3) is 2.54. The Morgan fingerprint density at radius 1 is 1.00 bits per heavy atom. The predicted molar refractivity (Wildman–Crippen MR) is 74.3 cm³/mol. The van der Waals surface area contributed by atoms with Crippen LogP contribution in [0.2, 0.25) is 0 Å². The molecule has 0 bridgehead atoms. The zero-order valence-electron chi connectivity index (χ0n) is 11.0. The van der Waals surface area contributed by atoms with Crippen LogP contribution in [0.3, 0.4) is 0 Å². The number of aryl methyl sites for hydroxylation is 1. The third-order valence-corrected chi connectivity index (χ3v) is 3.12. The highest BCUT2D eigenvalue weighted by Gasteiger charge is 2.20. The molecule has 2 aromatic rings. The van der Waals surface area contributed by atoms with Crippen molar-refractivity contribution in [3.8, 4) is 5.75 Å². The number of carbonyl (C=O) groups excluding carboxylic acids is 1. The monoisotopic (exact) mass is 270 g/mol. The van der Waals surface area contributed by atoms with Gasteiger partial charge in [-0.05, 0) is 30.2 Å². The lowest BCUT2D eigenvalue weighted by Crippen LogP contribution is -2.10. The summed E-state index contributed by atoms with van der Waals surface area (Å²) in [4.78, 5) is 23.6. The van der Waals surface area contributed by atoms with Crippen molar-refractivity contribution in [1.29, 1.82) is 0 Å². The Kier molecular flexibility index (Phi) is 3.84. The van der Waals surface area contributed by atoms with Gasteiger partial charge in [-0.2, -0.15) is 0 Å². The summed E-state index contributed by atoms with van der Waals surface area (Å²) in [6, 6.07) is 10.8. The van der Waals surface area contributed by atoms with E-state index in [1.165, 1.54) is 18.2 Å². The molecule has 4 heteroatoms. The molecule has 0 unspecified atom stereocenters. The number of hydrogen-bond donors (Lipinski definition) is 2. The molecule has 20 heavy (non-hydrogen) atoms. The fraction of sp³-hybridized carbons (Fsp3) is 0.125. The number of benzene rings is 2. The van der Waals surface area contributed by atoms with Crippen molar-refractivity contribution in [3.63, 3.8) is 0 Å². The van der Waals surface area contributed by atoms with Crippen LogP contribution < -0.4 is 0 Å². The summed E-state index contributed by atoms with van der Waals surface area (Å²) >= 11 is 0. The molecule has 0 fully saturated rings. The lowest BCUT2D eigenvalue weighted by Gasteiger charge is -2.08. The topological polar surface area (TPSA) is 74.6 Å². The van der Waals surface area contributed by atoms with Crippen molar-refractivity contribution < 1.29 is 19.8 Å². The van der Waals surface area contributed by atoms with Gasteiger partial charge in [-0.3, -0.25) is 4.79 Å². The summed E-state index contributed by atoms with van der Waals surface area (Å²) in [6.07, 6.45) is 0.723. The first-order valence-corrected chi connectivity index (χ1v) is 6.23. The molecule has 2 aromatic carbocycles. The number of ketones is 1. The van der Waals surface area contributed by atoms with Crippen molar-refractivity contribution in [2.24, 2.45) is 0 Å². The lowest BCUT2D eigenvalue weighted by molar-refractivity contribution is 0.0692. The van der Waals surface area contributed by atoms with Crippen LogP contribution in [-0.2, 0) is 6.42 Å². The first-order valence-electron chi connectivity index (χ1n) is 6.23. The first kappa shape index (κ1) is 13.8. The highest BCUT2D eigenvalue weighted by molar-refractivity contribution is 6.15. The van der Waals surface area contributed by atoms with Gasteiger partial charge in [0.2, 0.25) is 0 Å². The summed E-state index contributed by atoms with van der Waals surface area (Å²) < 4.78 is 0. The molecule has 0 atom stereocenters. The normalized spacial score (nSPS) is 10.2. The molecular weight excluding hydrogens is 256 g/mol. The number of carboxylic acids is 1. The maximum atomic E-state index is 12.4. The number of carbonyl (C=O) groups is 2. The Morgan fingerprint density at radius 2 is 1.65 bits per heavy atom. The van der Waals surface area contributed by atoms with E-state index in [0.717, 1.165) is 12.0 Å². The van der Waals surface area contributed by atoms with Crippen LogP contribution in [0.4, 0.5) is 0 Å². The van der Waals surface area contributed by atoms with Crippen LogP contribution in [0, 0.1) is 0 Å². The number of aromatic carboxylic acids is 1. The Bertz CT molecular complexity index is 674. The van der Waals surface area contributed by atoms with Crippen molar-refractivity contribution in [3.05, 3.63) is 64.7 Å². The molecule has 0 saturated carbocycles. The van der Waals surface area contributed by atoms with Crippen LogP contribution in [0.15, 0.2) is 42.5 Å². The predicted octanol–water partition coefficient (Wildman–Crippen LogP) is 2.88. The summed E-state index contributed by atoms with van der Waals surface area (Å²) in [5, 5.41) is 18.9. The minimum atomic E-state index is -1.17. The molecule has 2 N–H and O–H groups in total. The number of phenols is 1. The van der Waals surface area contributed by atoms with Crippen LogP contribution in [0.25, 0.3) is 0 Å². The van der Waals surface area contributed by atoms with Crippen molar-refractivity contribution in [2.45, 2.75) is 13.3 Å². The fourth-order valence-electron chi connectivity index (χ4n) is 2.00. The number of rotatable bonds is 4. The molecule has 102 valence electrons. The summed E-state index contributed by atoms with van der Waals surface area (Å²) in [6.45, 7) is 1.94. The van der Waals surface area contributed by atoms with Gasteiger partial charge in [0, 0.05) is 5.56 Å². The average molecular weight is 270 g/mol. The molecule has 0 aromatic heterocycles. The highest BCUT2D eigenvalue weighted by Crippen LogP contribution is 2.23. The molecule has 4 nitrogen and oxygen atoms in total. The van der Waals surface area contributed by atoms with Gasteiger partial charge in [-0.1, -0.05) is 31.2 Å². The van der Waals surface area contributed by atoms with E-state index in [2.05, 4.69) is 0 Å². The van der Waals surface area contributed by atoms with Gasteiger partial charge < -0.3 is 10.2 Å². The Hall–Kier alpha value is -2.62. The Balaban J connectivity index is 2.54. The summed E-state index contributed by atoms with van der Waals surface area (Å²) in [5.74, 6) is -1.80. The number of hydrogen-bond acceptors (Lipinski definition) is 3. The molecule has 0 amide bonds. The highest BCUT2D eigenvalue weighted by atomic mass is 16.4. The zero-order chi connectivity index (χ0) is 14.7. The molecule has 0 radical (unpaired) electrons. The molecular formula is C16H14O4. The number of carboxylic acid groups (broad SMARTS) is 1. The molecule has 0 heterocycles. The SMILES string of the molecule is CCc1ccc(O)c(C(=O)c2ccccc2C(=O)O)c1. The molecule has 0 saturated heterocycles. The average Bonchev–Trinajstić information content (AvgIpc) is 2.47. The summed E-state index contributed by atoms with van der Waals surface area (Å²) in [7, 11) is 0. The molecule has 0 spiro atoms. The van der Waals surface area contributed by atoms with E-state index >= 15 is 0 Å². The van der Waals surface area contributed by atoms with E-state index < -0.39 is 11.8 Å². The van der Waals surface area contributed by atoms with E-state index in [-0.39, 0.29) is 22.4 Å². The van der Waals surface area contributed by atoms with Crippen molar-refractivity contribution in [2.75, 3.05) is 0 Å². The Morgan fingerprint density at radius 3 is 2.25 bits per heavy atom. The maximum Gasteiger partial charge on any atom is 0.336 e. The second-order valence-corrected chi connectivity index (χ2v) is 4.38. The second kappa shape index (κ2) is 5.57. The molecule has 2 rings (SSSR count). The van der Waals surface area contributed by atoms with Gasteiger partial charge in [0.1, 0.15) is 5.75 Å². The van der Waals surface area contributed by atoms with Gasteiger partial charge in [0.15, 0.2) is 5.78 Å². The van der Waals surface area contributed by atoms with E-state index in [4.69, 9.17) is 5.11 Å². The smallest absolute Gasteiger partial charge is 0.336 e. The van der Waals surface area contributed by atoms with Gasteiger partial charge >= 0.3 is 5.97 Å². The number of phenolic OH excluding ortho intramolecular Hbond substituents is 1. The fourth-order valence-corrected chi connectivity index (χ4v) is 2.00. The van der Waals surface area contributed by atoms with E-state index in [1.807, 2.05) is 6.92 Å².